The SMILES string of the molecule is C=Cc1cncnc1C=N.CC. The Morgan fingerprint density at radius 3 is 2.58 bits per heavy atom. The van der Waals surface area contributed by atoms with E-state index in [0.29, 0.717) is 5.69 Å². The highest BCUT2D eigenvalue weighted by molar-refractivity contribution is 5.79. The topological polar surface area (TPSA) is 49.6 Å². The van der Waals surface area contributed by atoms with E-state index >= 15 is 0 Å². The van der Waals surface area contributed by atoms with Crippen LogP contribution in [-0.2, 0) is 0 Å². The summed E-state index contributed by atoms with van der Waals surface area (Å²) in [6, 6.07) is 0. The summed E-state index contributed by atoms with van der Waals surface area (Å²) in [5.74, 6) is 0. The van der Waals surface area contributed by atoms with Gasteiger partial charge in [0.15, 0.2) is 0 Å². The van der Waals surface area contributed by atoms with Crippen molar-refractivity contribution in [3.8, 4) is 0 Å². The van der Waals surface area contributed by atoms with Crippen LogP contribution in [0.25, 0.3) is 6.08 Å². The lowest BCUT2D eigenvalue weighted by molar-refractivity contribution is 1.14. The maximum Gasteiger partial charge on any atom is 0.116 e. The Morgan fingerprint density at radius 2 is 2.17 bits per heavy atom. The average molecular weight is 163 g/mol. The molecular formula is C9H13N3. The molecule has 12 heavy (non-hydrogen) atoms. The van der Waals surface area contributed by atoms with E-state index in [-0.39, 0.29) is 0 Å². The van der Waals surface area contributed by atoms with Gasteiger partial charge in [0.2, 0.25) is 0 Å². The van der Waals surface area contributed by atoms with Crippen LogP contribution in [0, 0.1) is 5.41 Å². The molecule has 0 amide bonds. The molecule has 0 saturated heterocycles. The Bertz CT molecular complexity index is 229. The monoisotopic (exact) mass is 163 g/mol. The first kappa shape index (κ1) is 10.5. The highest BCUT2D eigenvalue weighted by Gasteiger charge is 1.93. The lowest BCUT2D eigenvalue weighted by Gasteiger charge is -1.93. The van der Waals surface area contributed by atoms with Crippen LogP contribution in [0.5, 0.6) is 0 Å². The maximum absolute atomic E-state index is 6.92. The molecule has 1 aromatic rings. The first-order valence-corrected chi connectivity index (χ1v) is 3.81. The predicted molar refractivity (Wildman–Crippen MR) is 51.4 cm³/mol. The molecule has 0 bridgehead atoms. The van der Waals surface area contributed by atoms with Gasteiger partial charge in [-0.25, -0.2) is 9.97 Å². The fourth-order valence-electron chi connectivity index (χ4n) is 0.628. The molecule has 3 nitrogen and oxygen atoms in total. The molecule has 0 unspecified atom stereocenters. The summed E-state index contributed by atoms with van der Waals surface area (Å²) in [5.41, 5.74) is 1.39. The van der Waals surface area contributed by atoms with Crippen molar-refractivity contribution in [3.63, 3.8) is 0 Å². The van der Waals surface area contributed by atoms with Crippen molar-refractivity contribution in [2.45, 2.75) is 13.8 Å². The van der Waals surface area contributed by atoms with Gasteiger partial charge in [-0.3, -0.25) is 0 Å². The van der Waals surface area contributed by atoms with Crippen molar-refractivity contribution in [3.05, 3.63) is 30.4 Å². The molecular weight excluding hydrogens is 150 g/mol. The van der Waals surface area contributed by atoms with Crippen molar-refractivity contribution < 1.29 is 0 Å². The average Bonchev–Trinajstić information content (AvgIpc) is 2.20. The van der Waals surface area contributed by atoms with E-state index in [1.165, 1.54) is 12.5 Å². The van der Waals surface area contributed by atoms with Gasteiger partial charge in [0.1, 0.15) is 6.33 Å². The van der Waals surface area contributed by atoms with Gasteiger partial charge < -0.3 is 5.41 Å². The van der Waals surface area contributed by atoms with E-state index < -0.39 is 0 Å². The minimum Gasteiger partial charge on any atom is -0.306 e. The van der Waals surface area contributed by atoms with Gasteiger partial charge in [-0.2, -0.15) is 0 Å². The Labute approximate surface area is 72.7 Å². The summed E-state index contributed by atoms with van der Waals surface area (Å²) in [5, 5.41) is 6.92. The van der Waals surface area contributed by atoms with Gasteiger partial charge in [-0.05, 0) is 0 Å². The van der Waals surface area contributed by atoms with E-state index in [2.05, 4.69) is 16.5 Å². The number of nitrogens with zero attached hydrogens (tertiary/aromatic N) is 2. The molecule has 64 valence electrons. The first-order chi connectivity index (χ1) is 5.88. The molecule has 1 heterocycles. The molecule has 0 spiro atoms. The molecule has 1 aromatic heterocycles. The second kappa shape index (κ2) is 6.22. The van der Waals surface area contributed by atoms with Crippen LogP contribution < -0.4 is 0 Å². The van der Waals surface area contributed by atoms with Gasteiger partial charge in [0.25, 0.3) is 0 Å². The number of aromatic nitrogens is 2. The van der Waals surface area contributed by atoms with Crippen LogP contribution in [0.2, 0.25) is 0 Å². The Balaban J connectivity index is 0.000000561. The van der Waals surface area contributed by atoms with Crippen molar-refractivity contribution in [1.82, 2.24) is 9.97 Å². The fourth-order valence-corrected chi connectivity index (χ4v) is 0.628. The summed E-state index contributed by atoms with van der Waals surface area (Å²) >= 11 is 0. The summed E-state index contributed by atoms with van der Waals surface area (Å²) in [6.07, 6.45) is 5.84. The van der Waals surface area contributed by atoms with Crippen LogP contribution >= 0.6 is 0 Å². The van der Waals surface area contributed by atoms with E-state index in [9.17, 15) is 0 Å². The van der Waals surface area contributed by atoms with Crippen molar-refractivity contribution in [2.24, 2.45) is 0 Å². The van der Waals surface area contributed by atoms with Gasteiger partial charge in [-0.1, -0.05) is 26.5 Å². The van der Waals surface area contributed by atoms with Gasteiger partial charge >= 0.3 is 0 Å². The zero-order chi connectivity index (χ0) is 9.40. The quantitative estimate of drug-likeness (QED) is 0.679. The maximum atomic E-state index is 6.92. The number of rotatable bonds is 2. The van der Waals surface area contributed by atoms with E-state index in [1.807, 2.05) is 13.8 Å². The van der Waals surface area contributed by atoms with Crippen molar-refractivity contribution in [2.75, 3.05) is 0 Å². The lowest BCUT2D eigenvalue weighted by Crippen LogP contribution is -1.91. The molecule has 0 atom stereocenters. The third-order valence-electron chi connectivity index (χ3n) is 1.13. The zero-order valence-corrected chi connectivity index (χ0v) is 7.41. The second-order valence-corrected chi connectivity index (χ2v) is 1.71. The Hall–Kier alpha value is -1.51. The van der Waals surface area contributed by atoms with Gasteiger partial charge in [-0.15, -0.1) is 0 Å². The molecule has 0 aliphatic rings. The smallest absolute Gasteiger partial charge is 0.116 e. The van der Waals surface area contributed by atoms with Gasteiger partial charge in [0, 0.05) is 18.0 Å². The molecule has 0 fully saturated rings. The Morgan fingerprint density at radius 1 is 1.50 bits per heavy atom. The summed E-state index contributed by atoms with van der Waals surface area (Å²) in [7, 11) is 0. The lowest BCUT2D eigenvalue weighted by atomic mass is 10.2. The molecule has 0 saturated carbocycles. The van der Waals surface area contributed by atoms with Crippen LogP contribution in [0.1, 0.15) is 25.1 Å². The molecule has 1 rings (SSSR count). The summed E-state index contributed by atoms with van der Waals surface area (Å²) in [4.78, 5) is 7.62. The van der Waals surface area contributed by atoms with Crippen LogP contribution in [0.15, 0.2) is 19.1 Å². The predicted octanol–water partition coefficient (Wildman–Crippen LogP) is 2.14. The van der Waals surface area contributed by atoms with Crippen LogP contribution in [-0.4, -0.2) is 16.2 Å². The van der Waals surface area contributed by atoms with Crippen molar-refractivity contribution in [1.29, 1.82) is 5.41 Å². The standard InChI is InChI=1S/C7H7N3.C2H6/c1-2-6-4-9-5-10-7(6)3-8;1-2/h2-5,8H,1H2;1-2H3. The zero-order valence-electron chi connectivity index (χ0n) is 7.41. The van der Waals surface area contributed by atoms with E-state index in [0.717, 1.165) is 5.56 Å². The highest BCUT2D eigenvalue weighted by atomic mass is 14.8. The molecule has 1 N–H and O–H groups in total. The minimum atomic E-state index is 0.602. The summed E-state index contributed by atoms with van der Waals surface area (Å²) in [6.45, 7) is 7.56. The molecule has 0 aliphatic heterocycles. The molecule has 0 aromatic carbocycles. The molecule has 0 aliphatic carbocycles. The fraction of sp³-hybridized carbons (Fsp3) is 0.222. The number of hydrogen-bond donors (Lipinski definition) is 1. The second-order valence-electron chi connectivity index (χ2n) is 1.71. The van der Waals surface area contributed by atoms with E-state index in [1.54, 1.807) is 12.3 Å². The van der Waals surface area contributed by atoms with Crippen LogP contribution in [0.4, 0.5) is 0 Å². The molecule has 0 radical (unpaired) electrons. The summed E-state index contributed by atoms with van der Waals surface area (Å²) < 4.78 is 0. The third-order valence-corrected chi connectivity index (χ3v) is 1.13. The number of nitrogens with one attached hydrogen (secondary N) is 1. The normalized spacial score (nSPS) is 7.83. The first-order valence-electron chi connectivity index (χ1n) is 3.81. The van der Waals surface area contributed by atoms with Crippen LogP contribution in [0.3, 0.4) is 0 Å². The van der Waals surface area contributed by atoms with E-state index in [4.69, 9.17) is 5.41 Å². The minimum absolute atomic E-state index is 0.602. The largest absolute Gasteiger partial charge is 0.306 e. The van der Waals surface area contributed by atoms with Crippen molar-refractivity contribution >= 4 is 12.3 Å². The number of hydrogen-bond acceptors (Lipinski definition) is 3. The van der Waals surface area contributed by atoms with Gasteiger partial charge in [0.05, 0.1) is 5.69 Å². The third kappa shape index (κ3) is 2.62. The molecule has 3 heteroatoms. The Kier molecular flexibility index (Phi) is 5.43. The highest BCUT2D eigenvalue weighted by Crippen LogP contribution is 2.00.